The van der Waals surface area contributed by atoms with Gasteiger partial charge in [-0.3, -0.25) is 0 Å². The van der Waals surface area contributed by atoms with E-state index in [-0.39, 0.29) is 34.1 Å². The summed E-state index contributed by atoms with van der Waals surface area (Å²) < 4.78 is 0. The maximum Gasteiger partial charge on any atom is 1.00 e. The van der Waals surface area contributed by atoms with E-state index in [1.54, 1.807) is 0 Å². The molecule has 3 heteroatoms. The van der Waals surface area contributed by atoms with Crippen LogP contribution in [-0.2, 0) is 32.5 Å². The van der Waals surface area contributed by atoms with E-state index in [0.717, 1.165) is 12.8 Å². The monoisotopic (exact) mass is 451 g/mol. The van der Waals surface area contributed by atoms with Crippen LogP contribution in [0.15, 0.2) is 36.4 Å². The minimum atomic E-state index is -0.913. The number of hydrogen-bond donors (Lipinski definition) is 0. The van der Waals surface area contributed by atoms with Crippen molar-refractivity contribution in [3.8, 4) is 0 Å². The van der Waals surface area contributed by atoms with Gasteiger partial charge in [0.25, 0.3) is 0 Å². The van der Waals surface area contributed by atoms with E-state index in [1.807, 2.05) is 36.4 Å². The average molecular weight is 450 g/mol. The Morgan fingerprint density at radius 2 is 1.16 bits per heavy atom. The molecule has 0 spiro atoms. The molecule has 0 atom stereocenters. The van der Waals surface area contributed by atoms with Gasteiger partial charge in [-0.25, -0.2) is 0 Å². The van der Waals surface area contributed by atoms with Gasteiger partial charge in [-0.05, 0) is 12.8 Å². The zero-order valence-electron chi connectivity index (χ0n) is 12.1. The molecule has 0 saturated heterocycles. The minimum absolute atomic E-state index is 0. The van der Waals surface area contributed by atoms with Gasteiger partial charge >= 0.3 is 27.7 Å². The van der Waals surface area contributed by atoms with Gasteiger partial charge in [0.2, 0.25) is 0 Å². The summed E-state index contributed by atoms with van der Waals surface area (Å²) in [6.45, 7) is 2.19. The molecule has 1 aromatic rings. The Kier molecular flexibility index (Phi) is 19.4. The second-order valence-corrected chi connectivity index (χ2v) is 4.40. The number of aliphatic carboxylic acids is 1. The summed E-state index contributed by atoms with van der Waals surface area (Å²) in [4.78, 5) is 10.0. The Morgan fingerprint density at radius 1 is 0.789 bits per heavy atom. The standard InChI is InChI=1S/C10H20O2.C6H6.Hg/c1-2-3-4-5-6-7-8-9-10(11)12;1-2-4-6-5-3-1;/h2-9H2,1H3,(H,11,12);1-6H;/q;;+1/p-1. The van der Waals surface area contributed by atoms with Crippen LogP contribution in [-0.4, -0.2) is 5.97 Å². The summed E-state index contributed by atoms with van der Waals surface area (Å²) in [5, 5.41) is 10.0. The summed E-state index contributed by atoms with van der Waals surface area (Å²) >= 11 is 0. The van der Waals surface area contributed by atoms with Crippen LogP contribution in [0, 0.1) is 0 Å². The van der Waals surface area contributed by atoms with Crippen molar-refractivity contribution in [3.63, 3.8) is 0 Å². The maximum absolute atomic E-state index is 10.0. The summed E-state index contributed by atoms with van der Waals surface area (Å²) in [5.74, 6) is -0.913. The van der Waals surface area contributed by atoms with Crippen molar-refractivity contribution >= 4 is 5.97 Å². The van der Waals surface area contributed by atoms with Crippen molar-refractivity contribution < 1.29 is 37.6 Å². The van der Waals surface area contributed by atoms with E-state index in [1.165, 1.54) is 32.1 Å². The summed E-state index contributed by atoms with van der Waals surface area (Å²) in [7, 11) is 0. The third-order valence-electron chi connectivity index (χ3n) is 2.65. The molecule has 0 aromatic heterocycles. The number of rotatable bonds is 8. The Labute approximate surface area is 138 Å². The normalized spacial score (nSPS) is 8.89. The summed E-state index contributed by atoms with van der Waals surface area (Å²) in [5.41, 5.74) is 0. The first-order valence-corrected chi connectivity index (χ1v) is 6.97. The SMILES string of the molecule is CCCCCCCCCC(=O)[O-].[Hg+].c1ccccc1. The van der Waals surface area contributed by atoms with Gasteiger partial charge in [-0.2, -0.15) is 0 Å². The van der Waals surface area contributed by atoms with E-state index in [0.29, 0.717) is 0 Å². The molecule has 1 aromatic carbocycles. The molecule has 1 radical (unpaired) electrons. The van der Waals surface area contributed by atoms with Crippen LogP contribution in [0.5, 0.6) is 0 Å². The zero-order chi connectivity index (χ0) is 13.5. The van der Waals surface area contributed by atoms with Crippen molar-refractivity contribution in [2.45, 2.75) is 58.3 Å². The molecule has 0 unspecified atom stereocenters. The number of carbonyl (C=O) groups excluding carboxylic acids is 1. The van der Waals surface area contributed by atoms with Crippen molar-refractivity contribution in [1.29, 1.82) is 0 Å². The van der Waals surface area contributed by atoms with Crippen LogP contribution in [0.1, 0.15) is 58.3 Å². The van der Waals surface area contributed by atoms with Crippen LogP contribution in [0.25, 0.3) is 0 Å². The Balaban J connectivity index is 0. The zero-order valence-corrected chi connectivity index (χ0v) is 17.6. The quantitative estimate of drug-likeness (QED) is 0.449. The number of carboxylic acids is 1. The molecule has 2 nitrogen and oxygen atoms in total. The first-order valence-electron chi connectivity index (χ1n) is 6.97. The number of carboxylic acid groups (broad SMARTS) is 1. The fourth-order valence-corrected chi connectivity index (χ4v) is 1.61. The molecule has 0 aliphatic heterocycles. The topological polar surface area (TPSA) is 40.1 Å². The van der Waals surface area contributed by atoms with Crippen LogP contribution >= 0.6 is 0 Å². The van der Waals surface area contributed by atoms with Gasteiger partial charge in [0.05, 0.1) is 0 Å². The fourth-order valence-electron chi connectivity index (χ4n) is 1.61. The van der Waals surface area contributed by atoms with Gasteiger partial charge in [0, 0.05) is 5.97 Å². The van der Waals surface area contributed by atoms with E-state index in [9.17, 15) is 9.90 Å². The van der Waals surface area contributed by atoms with Gasteiger partial charge in [-0.1, -0.05) is 81.8 Å². The molecule has 1 rings (SSSR count). The Bertz CT molecular complexity index is 249. The maximum atomic E-state index is 10.0. The molecule has 103 valence electrons. The first-order chi connectivity index (χ1) is 8.77. The second-order valence-electron chi connectivity index (χ2n) is 4.40. The first kappa shape index (κ1) is 20.9. The van der Waals surface area contributed by atoms with E-state index in [2.05, 4.69) is 6.92 Å². The summed E-state index contributed by atoms with van der Waals surface area (Å²) in [6.07, 6.45) is 8.34. The number of hydrogen-bond acceptors (Lipinski definition) is 2. The van der Waals surface area contributed by atoms with E-state index in [4.69, 9.17) is 0 Å². The third-order valence-corrected chi connectivity index (χ3v) is 2.65. The van der Waals surface area contributed by atoms with Crippen LogP contribution < -0.4 is 5.11 Å². The van der Waals surface area contributed by atoms with Gasteiger partial charge in [0.15, 0.2) is 0 Å². The minimum Gasteiger partial charge on any atom is -0.550 e. The van der Waals surface area contributed by atoms with Crippen molar-refractivity contribution in [2.24, 2.45) is 0 Å². The number of carbonyl (C=O) groups is 1. The summed E-state index contributed by atoms with van der Waals surface area (Å²) in [6, 6.07) is 12.0. The van der Waals surface area contributed by atoms with Crippen LogP contribution in [0.4, 0.5) is 0 Å². The van der Waals surface area contributed by atoms with Gasteiger partial charge in [0.1, 0.15) is 0 Å². The molecular formula is C16H25HgO2. The molecular weight excluding hydrogens is 425 g/mol. The van der Waals surface area contributed by atoms with Gasteiger partial charge in [-0.15, -0.1) is 0 Å². The second kappa shape index (κ2) is 17.6. The molecule has 0 heterocycles. The van der Waals surface area contributed by atoms with Crippen LogP contribution in [0.2, 0.25) is 0 Å². The molecule has 0 saturated carbocycles. The predicted molar refractivity (Wildman–Crippen MR) is 74.1 cm³/mol. The number of benzene rings is 1. The third kappa shape index (κ3) is 20.1. The predicted octanol–water partition coefficient (Wildman–Crippen LogP) is 3.56. The molecule has 0 aliphatic rings. The van der Waals surface area contributed by atoms with Crippen LogP contribution in [0.3, 0.4) is 0 Å². The van der Waals surface area contributed by atoms with Crippen molar-refractivity contribution in [2.75, 3.05) is 0 Å². The molecule has 0 amide bonds. The van der Waals surface area contributed by atoms with E-state index < -0.39 is 5.97 Å². The molecule has 0 N–H and O–H groups in total. The molecule has 19 heavy (non-hydrogen) atoms. The van der Waals surface area contributed by atoms with Gasteiger partial charge < -0.3 is 9.90 Å². The number of unbranched alkanes of at least 4 members (excludes halogenated alkanes) is 6. The average Bonchev–Trinajstić information content (AvgIpc) is 2.40. The largest absolute Gasteiger partial charge is 1.00 e. The fraction of sp³-hybridized carbons (Fsp3) is 0.562. The smallest absolute Gasteiger partial charge is 0.550 e. The Morgan fingerprint density at radius 3 is 1.53 bits per heavy atom. The van der Waals surface area contributed by atoms with Crippen molar-refractivity contribution in [3.05, 3.63) is 36.4 Å². The molecule has 0 fully saturated rings. The molecule has 0 aliphatic carbocycles. The Hall–Kier alpha value is -0.375. The van der Waals surface area contributed by atoms with Crippen molar-refractivity contribution in [1.82, 2.24) is 0 Å². The van der Waals surface area contributed by atoms with E-state index >= 15 is 0 Å². The molecule has 0 bridgehead atoms.